The summed E-state index contributed by atoms with van der Waals surface area (Å²) in [6, 6.07) is 41.6. The zero-order valence-electron chi connectivity index (χ0n) is 47.3. The van der Waals surface area contributed by atoms with Crippen LogP contribution >= 0.6 is 22.7 Å². The van der Waals surface area contributed by atoms with Crippen LogP contribution in [0.1, 0.15) is 151 Å². The number of hydrogen-bond donors (Lipinski definition) is 0. The second-order valence-electron chi connectivity index (χ2n) is 21.9. The first-order valence-electron chi connectivity index (χ1n) is 29.9. The monoisotopic (exact) mass is 1140 g/mol. The first-order valence-corrected chi connectivity index (χ1v) is 31.5. The van der Waals surface area contributed by atoms with Crippen molar-refractivity contribution in [2.75, 3.05) is 26.4 Å². The van der Waals surface area contributed by atoms with Gasteiger partial charge in [0.1, 0.15) is 11.5 Å². The SMILES string of the molecule is C=CC(=O)OCCCCCCCCOc1ccc(C2CCC(C(=O)Oc3c4cc(-c5ccccc5)sc4c(OC(=O)C4CCC(c5ccc(OCCCCCCCCOC(=O)C=C)cc5)CC4)c4cc(-c5ccccc5)sc34)CC2)cc1. The molecule has 430 valence electrons. The van der Waals surface area contributed by atoms with Gasteiger partial charge in [0.15, 0.2) is 11.5 Å². The molecule has 0 bridgehead atoms. The van der Waals surface area contributed by atoms with Crippen molar-refractivity contribution >= 4 is 66.7 Å². The van der Waals surface area contributed by atoms with E-state index in [0.29, 0.717) is 49.8 Å². The highest BCUT2D eigenvalue weighted by atomic mass is 32.1. The number of fused-ring (bicyclic) bond motifs is 2. The summed E-state index contributed by atoms with van der Waals surface area (Å²) in [7, 11) is 0. The molecule has 7 aromatic rings. The van der Waals surface area contributed by atoms with Crippen molar-refractivity contribution in [3.63, 3.8) is 0 Å². The molecule has 0 amide bonds. The minimum atomic E-state index is -0.361. The van der Waals surface area contributed by atoms with Gasteiger partial charge in [-0.1, -0.05) is 149 Å². The summed E-state index contributed by atoms with van der Waals surface area (Å²) in [6.07, 6.45) is 21.3. The standard InChI is InChI=1S/C70H78O10S2/c1-3-63(71)77-45-21-11-7-5-9-19-43-75-57-39-35-51(36-40-57)49-27-31-55(32-28-49)69(73)79-65-59-47-61(53-23-15-13-16-24-53)82-68(59)66(60-48-62(81-67(60)65)54-25-17-14-18-26-54)80-70(74)56-33-29-50(30-34-56)52-37-41-58(42-38-52)76-44-20-10-6-8-12-22-46-78-64(72)4-2/h3-4,13-18,23-26,35-42,47-50,55-56H,1-2,5-12,19-22,27-34,43-46H2. The molecule has 0 radical (unpaired) electrons. The second-order valence-corrected chi connectivity index (χ2v) is 24.0. The van der Waals surface area contributed by atoms with E-state index in [4.69, 9.17) is 28.4 Å². The van der Waals surface area contributed by atoms with E-state index in [1.165, 1.54) is 23.3 Å². The van der Waals surface area contributed by atoms with Crippen molar-refractivity contribution in [1.82, 2.24) is 0 Å². The summed E-state index contributed by atoms with van der Waals surface area (Å²) in [5.41, 5.74) is 4.62. The first-order chi connectivity index (χ1) is 40.2. The zero-order chi connectivity index (χ0) is 56.9. The van der Waals surface area contributed by atoms with E-state index < -0.39 is 0 Å². The number of carbonyl (C=O) groups is 4. The minimum absolute atomic E-state index is 0.216. The van der Waals surface area contributed by atoms with Crippen LogP contribution in [0.15, 0.2) is 147 Å². The molecule has 9 rings (SSSR count). The van der Waals surface area contributed by atoms with Gasteiger partial charge in [0.25, 0.3) is 0 Å². The summed E-state index contributed by atoms with van der Waals surface area (Å²) in [4.78, 5) is 53.5. The van der Waals surface area contributed by atoms with Gasteiger partial charge in [-0.3, -0.25) is 9.59 Å². The van der Waals surface area contributed by atoms with Crippen molar-refractivity contribution in [3.05, 3.63) is 158 Å². The van der Waals surface area contributed by atoms with E-state index in [1.807, 2.05) is 36.4 Å². The van der Waals surface area contributed by atoms with E-state index in [2.05, 4.69) is 98.1 Å². The maximum absolute atomic E-state index is 14.5. The largest absolute Gasteiger partial charge is 0.494 e. The lowest BCUT2D eigenvalue weighted by Crippen LogP contribution is -2.25. The van der Waals surface area contributed by atoms with Gasteiger partial charge in [-0.15, -0.1) is 22.7 Å². The number of hydrogen-bond acceptors (Lipinski definition) is 12. The summed E-state index contributed by atoms with van der Waals surface area (Å²) >= 11 is 3.14. The van der Waals surface area contributed by atoms with Crippen molar-refractivity contribution in [2.45, 2.75) is 140 Å². The molecule has 82 heavy (non-hydrogen) atoms. The van der Waals surface area contributed by atoms with Crippen LogP contribution in [0.2, 0.25) is 0 Å². The Bertz CT molecular complexity index is 2910. The number of ether oxygens (including phenoxy) is 6. The lowest BCUT2D eigenvalue weighted by molar-refractivity contribution is -0.140. The topological polar surface area (TPSA) is 124 Å². The molecule has 0 unspecified atom stereocenters. The first kappa shape index (κ1) is 59.6. The van der Waals surface area contributed by atoms with Crippen molar-refractivity contribution in [2.24, 2.45) is 11.8 Å². The van der Waals surface area contributed by atoms with Crippen molar-refractivity contribution in [3.8, 4) is 43.9 Å². The van der Waals surface area contributed by atoms with Gasteiger partial charge in [0.2, 0.25) is 0 Å². The molecule has 2 aliphatic rings. The lowest BCUT2D eigenvalue weighted by Gasteiger charge is -2.28. The fourth-order valence-electron chi connectivity index (χ4n) is 11.4. The number of unbranched alkanes of at least 4 members (excludes halogenated alkanes) is 10. The molecule has 0 spiro atoms. The Balaban J connectivity index is 0.816. The molecule has 2 saturated carbocycles. The predicted molar refractivity (Wildman–Crippen MR) is 330 cm³/mol. The second kappa shape index (κ2) is 30.9. The third kappa shape index (κ3) is 16.6. The van der Waals surface area contributed by atoms with Crippen molar-refractivity contribution < 1.29 is 47.6 Å². The van der Waals surface area contributed by atoms with E-state index in [-0.39, 0.29) is 35.7 Å². The highest BCUT2D eigenvalue weighted by Crippen LogP contribution is 2.53. The predicted octanol–water partition coefficient (Wildman–Crippen LogP) is 18.1. The summed E-state index contributed by atoms with van der Waals surface area (Å²) < 4.78 is 37.3. The highest BCUT2D eigenvalue weighted by molar-refractivity contribution is 7.24. The number of rotatable bonds is 30. The quantitative estimate of drug-likeness (QED) is 0.0186. The Morgan fingerprint density at radius 3 is 1.12 bits per heavy atom. The fourth-order valence-corrected chi connectivity index (χ4v) is 13.7. The molecular formula is C70H78O10S2. The van der Waals surface area contributed by atoms with E-state index >= 15 is 0 Å². The number of benzene rings is 5. The van der Waals surface area contributed by atoms with Crippen LogP contribution in [0.25, 0.3) is 41.1 Å². The van der Waals surface area contributed by atoms with Gasteiger partial charge in [-0.25, -0.2) is 9.59 Å². The number of esters is 4. The molecule has 10 nitrogen and oxygen atoms in total. The average Bonchev–Trinajstić information content (AvgIpc) is 4.25. The average molecular weight is 1140 g/mol. The molecule has 2 heterocycles. The number of carbonyl (C=O) groups excluding carboxylic acids is 4. The van der Waals surface area contributed by atoms with Gasteiger partial charge in [-0.2, -0.15) is 0 Å². The van der Waals surface area contributed by atoms with E-state index in [1.54, 1.807) is 22.7 Å². The normalized spacial score (nSPS) is 17.0. The molecule has 2 fully saturated rings. The van der Waals surface area contributed by atoms with Crippen LogP contribution in [-0.4, -0.2) is 50.3 Å². The van der Waals surface area contributed by atoms with Crippen LogP contribution in [0.5, 0.6) is 23.0 Å². The van der Waals surface area contributed by atoms with Crippen LogP contribution in [-0.2, 0) is 28.7 Å². The third-order valence-corrected chi connectivity index (χ3v) is 18.5. The summed E-state index contributed by atoms with van der Waals surface area (Å²) in [6.45, 7) is 9.10. The Kier molecular flexibility index (Phi) is 22.4. The summed E-state index contributed by atoms with van der Waals surface area (Å²) in [5.74, 6) is 1.87. The Morgan fingerprint density at radius 2 is 0.768 bits per heavy atom. The van der Waals surface area contributed by atoms with E-state index in [0.717, 1.165) is 181 Å². The molecule has 2 aromatic heterocycles. The highest BCUT2D eigenvalue weighted by Gasteiger charge is 2.34. The molecule has 0 aliphatic heterocycles. The minimum Gasteiger partial charge on any atom is -0.494 e. The summed E-state index contributed by atoms with van der Waals surface area (Å²) in [5, 5.41) is 1.55. The van der Waals surface area contributed by atoms with Gasteiger partial charge < -0.3 is 28.4 Å². The third-order valence-electron chi connectivity index (χ3n) is 16.1. The number of thiophene rings is 2. The molecule has 5 aromatic carbocycles. The van der Waals surface area contributed by atoms with Crippen LogP contribution in [0, 0.1) is 11.8 Å². The van der Waals surface area contributed by atoms with Crippen LogP contribution in [0.4, 0.5) is 0 Å². The van der Waals surface area contributed by atoms with E-state index in [9.17, 15) is 19.2 Å². The smallest absolute Gasteiger partial charge is 0.330 e. The van der Waals surface area contributed by atoms with Crippen LogP contribution in [0.3, 0.4) is 0 Å². The molecule has 12 heteroatoms. The zero-order valence-corrected chi connectivity index (χ0v) is 48.9. The van der Waals surface area contributed by atoms with Crippen LogP contribution < -0.4 is 18.9 Å². The molecule has 0 saturated heterocycles. The Labute approximate surface area is 491 Å². The van der Waals surface area contributed by atoms with Gasteiger partial charge in [0.05, 0.1) is 47.7 Å². The lowest BCUT2D eigenvalue weighted by atomic mass is 9.79. The van der Waals surface area contributed by atoms with Crippen molar-refractivity contribution in [1.29, 1.82) is 0 Å². The van der Waals surface area contributed by atoms with Gasteiger partial charge in [-0.05, 0) is 148 Å². The maximum Gasteiger partial charge on any atom is 0.330 e. The Morgan fingerprint density at radius 1 is 0.427 bits per heavy atom. The molecule has 2 aliphatic carbocycles. The Hall–Kier alpha value is -7.02. The molecular weight excluding hydrogens is 1060 g/mol. The fraction of sp³-hybridized carbons (Fsp3) is 0.400. The maximum atomic E-state index is 14.5. The molecule has 0 N–H and O–H groups in total. The molecule has 0 atom stereocenters. The van der Waals surface area contributed by atoms with Gasteiger partial charge >= 0.3 is 23.9 Å². The van der Waals surface area contributed by atoms with Gasteiger partial charge in [0, 0.05) is 32.7 Å².